The van der Waals surface area contributed by atoms with Crippen LogP contribution in [0.25, 0.3) is 0 Å². The SMILES string of the molecule is CN=C(NCCCN1CCCC1C(=O)N(C)C)N(C)Cc1ccccc1C. The molecule has 0 aliphatic carbocycles. The average Bonchev–Trinajstić information content (AvgIpc) is 3.11. The van der Waals surface area contributed by atoms with Crippen molar-refractivity contribution in [1.82, 2.24) is 20.0 Å². The van der Waals surface area contributed by atoms with E-state index in [4.69, 9.17) is 0 Å². The highest BCUT2D eigenvalue weighted by Gasteiger charge is 2.30. The van der Waals surface area contributed by atoms with Crippen LogP contribution in [0.5, 0.6) is 0 Å². The summed E-state index contributed by atoms with van der Waals surface area (Å²) in [7, 11) is 7.57. The van der Waals surface area contributed by atoms with Crippen molar-refractivity contribution in [2.24, 2.45) is 4.99 Å². The van der Waals surface area contributed by atoms with Gasteiger partial charge in [0.2, 0.25) is 5.91 Å². The Balaban J connectivity index is 1.78. The van der Waals surface area contributed by atoms with E-state index in [1.165, 1.54) is 11.1 Å². The Morgan fingerprint density at radius 3 is 2.70 bits per heavy atom. The highest BCUT2D eigenvalue weighted by molar-refractivity contribution is 5.81. The van der Waals surface area contributed by atoms with E-state index < -0.39 is 0 Å². The lowest BCUT2D eigenvalue weighted by Crippen LogP contribution is -2.44. The third-order valence-electron chi connectivity index (χ3n) is 5.24. The normalized spacial score (nSPS) is 17.8. The summed E-state index contributed by atoms with van der Waals surface area (Å²) in [6.45, 7) is 5.78. The summed E-state index contributed by atoms with van der Waals surface area (Å²) in [6.07, 6.45) is 3.08. The number of rotatable bonds is 7. The Morgan fingerprint density at radius 2 is 2.04 bits per heavy atom. The number of nitrogens with zero attached hydrogens (tertiary/aromatic N) is 4. The number of likely N-dealkylation sites (N-methyl/N-ethyl adjacent to an activating group) is 1. The van der Waals surface area contributed by atoms with Crippen LogP contribution in [0.3, 0.4) is 0 Å². The van der Waals surface area contributed by atoms with Crippen LogP contribution in [-0.2, 0) is 11.3 Å². The Kier molecular flexibility index (Phi) is 8.10. The highest BCUT2D eigenvalue weighted by atomic mass is 16.2. The first-order chi connectivity index (χ1) is 12.9. The first kappa shape index (κ1) is 21.2. The van der Waals surface area contributed by atoms with Gasteiger partial charge in [-0.05, 0) is 43.9 Å². The van der Waals surface area contributed by atoms with Gasteiger partial charge in [0.25, 0.3) is 0 Å². The van der Waals surface area contributed by atoms with Crippen LogP contribution >= 0.6 is 0 Å². The lowest BCUT2D eigenvalue weighted by molar-refractivity contribution is -0.133. The standard InChI is InChI=1S/C21H35N5O/c1-17-10-6-7-11-18(17)16-25(5)21(22-2)23-13-9-15-26-14-8-12-19(26)20(27)24(3)4/h6-7,10-11,19H,8-9,12-16H2,1-5H3,(H,22,23). The van der Waals surface area contributed by atoms with Crippen molar-refractivity contribution in [3.8, 4) is 0 Å². The molecule has 0 spiro atoms. The van der Waals surface area contributed by atoms with Gasteiger partial charge < -0.3 is 15.1 Å². The average molecular weight is 374 g/mol. The number of amides is 1. The number of nitrogens with one attached hydrogen (secondary N) is 1. The number of guanidine groups is 1. The van der Waals surface area contributed by atoms with Crippen molar-refractivity contribution in [2.75, 3.05) is 47.8 Å². The number of hydrogen-bond acceptors (Lipinski definition) is 3. The molecule has 0 aromatic heterocycles. The second-order valence-corrected chi connectivity index (χ2v) is 7.54. The van der Waals surface area contributed by atoms with E-state index in [-0.39, 0.29) is 11.9 Å². The number of benzene rings is 1. The van der Waals surface area contributed by atoms with Crippen LogP contribution in [0.1, 0.15) is 30.4 Å². The minimum absolute atomic E-state index is 0.0584. The molecule has 0 radical (unpaired) electrons. The number of carbonyl (C=O) groups excluding carboxylic acids is 1. The minimum atomic E-state index is 0.0584. The smallest absolute Gasteiger partial charge is 0.239 e. The van der Waals surface area contributed by atoms with E-state index in [9.17, 15) is 4.79 Å². The van der Waals surface area contributed by atoms with Gasteiger partial charge in [-0.15, -0.1) is 0 Å². The molecule has 1 saturated heterocycles. The lowest BCUT2D eigenvalue weighted by Gasteiger charge is -2.26. The fourth-order valence-electron chi connectivity index (χ4n) is 3.66. The van der Waals surface area contributed by atoms with E-state index in [2.05, 4.69) is 58.3 Å². The largest absolute Gasteiger partial charge is 0.356 e. The second kappa shape index (κ2) is 10.3. The van der Waals surface area contributed by atoms with Gasteiger partial charge in [0.1, 0.15) is 0 Å². The van der Waals surface area contributed by atoms with Gasteiger partial charge in [-0.25, -0.2) is 0 Å². The summed E-state index contributed by atoms with van der Waals surface area (Å²) in [5.74, 6) is 1.13. The fraction of sp³-hybridized carbons (Fsp3) is 0.619. The van der Waals surface area contributed by atoms with Gasteiger partial charge in [0.15, 0.2) is 5.96 Å². The third kappa shape index (κ3) is 5.96. The van der Waals surface area contributed by atoms with E-state index >= 15 is 0 Å². The van der Waals surface area contributed by atoms with E-state index in [0.29, 0.717) is 0 Å². The Bertz CT molecular complexity index is 643. The molecule has 150 valence electrons. The summed E-state index contributed by atoms with van der Waals surface area (Å²) in [5.41, 5.74) is 2.61. The van der Waals surface area contributed by atoms with Crippen LogP contribution in [-0.4, -0.2) is 80.4 Å². The molecule has 1 aromatic rings. The number of hydrogen-bond donors (Lipinski definition) is 1. The first-order valence-corrected chi connectivity index (χ1v) is 9.85. The number of carbonyl (C=O) groups is 1. The molecule has 1 aromatic carbocycles. The molecule has 1 unspecified atom stereocenters. The summed E-state index contributed by atoms with van der Waals surface area (Å²) in [4.78, 5) is 22.9. The molecular weight excluding hydrogens is 338 g/mol. The zero-order valence-corrected chi connectivity index (χ0v) is 17.5. The Hall–Kier alpha value is -2.08. The van der Waals surface area contributed by atoms with Gasteiger partial charge in [-0.3, -0.25) is 14.7 Å². The molecule has 1 heterocycles. The minimum Gasteiger partial charge on any atom is -0.356 e. The fourth-order valence-corrected chi connectivity index (χ4v) is 3.66. The van der Waals surface area contributed by atoms with Crippen molar-refractivity contribution in [2.45, 2.75) is 38.8 Å². The predicted octanol–water partition coefficient (Wildman–Crippen LogP) is 1.94. The zero-order chi connectivity index (χ0) is 19.8. The van der Waals surface area contributed by atoms with Crippen molar-refractivity contribution in [3.05, 3.63) is 35.4 Å². The van der Waals surface area contributed by atoms with Crippen LogP contribution in [0, 0.1) is 6.92 Å². The second-order valence-electron chi connectivity index (χ2n) is 7.54. The monoisotopic (exact) mass is 373 g/mol. The molecular formula is C21H35N5O. The molecule has 1 aliphatic heterocycles. The number of aliphatic imine (C=N–C) groups is 1. The van der Waals surface area contributed by atoms with Gasteiger partial charge >= 0.3 is 0 Å². The van der Waals surface area contributed by atoms with Gasteiger partial charge in [0.05, 0.1) is 6.04 Å². The molecule has 1 amide bonds. The third-order valence-corrected chi connectivity index (χ3v) is 5.24. The predicted molar refractivity (Wildman–Crippen MR) is 112 cm³/mol. The molecule has 6 heteroatoms. The zero-order valence-electron chi connectivity index (χ0n) is 17.5. The maximum Gasteiger partial charge on any atom is 0.239 e. The van der Waals surface area contributed by atoms with Crippen molar-refractivity contribution < 1.29 is 4.79 Å². The molecule has 2 rings (SSSR count). The van der Waals surface area contributed by atoms with Crippen LogP contribution in [0.2, 0.25) is 0 Å². The van der Waals surface area contributed by atoms with E-state index in [0.717, 1.165) is 51.4 Å². The summed E-state index contributed by atoms with van der Waals surface area (Å²) >= 11 is 0. The van der Waals surface area contributed by atoms with E-state index in [1.807, 2.05) is 21.1 Å². The van der Waals surface area contributed by atoms with Gasteiger partial charge in [0, 0.05) is 47.8 Å². The van der Waals surface area contributed by atoms with Crippen molar-refractivity contribution >= 4 is 11.9 Å². The van der Waals surface area contributed by atoms with Crippen LogP contribution in [0.4, 0.5) is 0 Å². The molecule has 6 nitrogen and oxygen atoms in total. The molecule has 0 bridgehead atoms. The molecule has 1 atom stereocenters. The van der Waals surface area contributed by atoms with E-state index in [1.54, 1.807) is 4.90 Å². The first-order valence-electron chi connectivity index (χ1n) is 9.85. The number of aryl methyl sites for hydroxylation is 1. The van der Waals surface area contributed by atoms with Crippen LogP contribution < -0.4 is 5.32 Å². The molecule has 1 N–H and O–H groups in total. The molecule has 1 aliphatic rings. The summed E-state index contributed by atoms with van der Waals surface area (Å²) in [6, 6.07) is 8.50. The maximum absolute atomic E-state index is 12.3. The Labute approximate surface area is 164 Å². The quantitative estimate of drug-likeness (QED) is 0.451. The van der Waals surface area contributed by atoms with Crippen molar-refractivity contribution in [3.63, 3.8) is 0 Å². The number of likely N-dealkylation sites (tertiary alicyclic amines) is 1. The lowest BCUT2D eigenvalue weighted by atomic mass is 10.1. The Morgan fingerprint density at radius 1 is 1.30 bits per heavy atom. The topological polar surface area (TPSA) is 51.2 Å². The molecule has 0 saturated carbocycles. The van der Waals surface area contributed by atoms with Gasteiger partial charge in [-0.1, -0.05) is 24.3 Å². The van der Waals surface area contributed by atoms with Gasteiger partial charge in [-0.2, -0.15) is 0 Å². The summed E-state index contributed by atoms with van der Waals surface area (Å²) in [5, 5.41) is 3.45. The summed E-state index contributed by atoms with van der Waals surface area (Å²) < 4.78 is 0. The maximum atomic E-state index is 12.3. The molecule has 1 fully saturated rings. The highest BCUT2D eigenvalue weighted by Crippen LogP contribution is 2.18. The van der Waals surface area contributed by atoms with Crippen molar-refractivity contribution in [1.29, 1.82) is 0 Å². The molecule has 27 heavy (non-hydrogen) atoms. The van der Waals surface area contributed by atoms with Crippen LogP contribution in [0.15, 0.2) is 29.3 Å².